The zero-order valence-corrected chi connectivity index (χ0v) is 13.6. The molecule has 2 heterocycles. The van der Waals surface area contributed by atoms with Crippen molar-refractivity contribution < 1.29 is 4.79 Å². The van der Waals surface area contributed by atoms with E-state index in [-0.39, 0.29) is 5.91 Å². The second-order valence-corrected chi connectivity index (χ2v) is 6.21. The van der Waals surface area contributed by atoms with Crippen LogP contribution in [-0.4, -0.2) is 15.5 Å². The minimum absolute atomic E-state index is 0.0898. The number of carbonyl (C=O) groups excluding carboxylic acids is 1. The number of amides is 1. The number of hydrogen-bond acceptors (Lipinski definition) is 2. The maximum absolute atomic E-state index is 12.3. The third kappa shape index (κ3) is 2.71. The monoisotopic (exact) mass is 317 g/mol. The summed E-state index contributed by atoms with van der Waals surface area (Å²) in [6.07, 6.45) is 4.17. The molecule has 24 heavy (non-hydrogen) atoms. The normalized spacial score (nSPS) is 12.9. The molecule has 0 saturated heterocycles. The molecule has 0 spiro atoms. The standard InChI is InChI=1S/C20H19N3O/c1-14-4-6-16(7-5-14)20(24)22-17-10-8-15(9-11-17)18-13-21-19-3-2-12-23(18)19/h4-11,13H,2-3,12H2,1H3,(H,22,24). The van der Waals surface area contributed by atoms with Crippen molar-refractivity contribution in [2.24, 2.45) is 0 Å². The Kier molecular flexibility index (Phi) is 3.65. The molecule has 1 aliphatic heterocycles. The summed E-state index contributed by atoms with van der Waals surface area (Å²) in [6, 6.07) is 15.5. The van der Waals surface area contributed by atoms with Crippen LogP contribution in [0.1, 0.15) is 28.2 Å². The van der Waals surface area contributed by atoms with Gasteiger partial charge in [-0.25, -0.2) is 4.98 Å². The van der Waals surface area contributed by atoms with E-state index in [4.69, 9.17) is 0 Å². The van der Waals surface area contributed by atoms with E-state index in [0.29, 0.717) is 5.56 Å². The van der Waals surface area contributed by atoms with Crippen LogP contribution in [0.5, 0.6) is 0 Å². The largest absolute Gasteiger partial charge is 0.328 e. The summed E-state index contributed by atoms with van der Waals surface area (Å²) < 4.78 is 2.28. The third-order valence-electron chi connectivity index (χ3n) is 4.47. The number of carbonyl (C=O) groups is 1. The fraction of sp³-hybridized carbons (Fsp3) is 0.200. The van der Waals surface area contributed by atoms with Gasteiger partial charge in [-0.1, -0.05) is 29.8 Å². The third-order valence-corrected chi connectivity index (χ3v) is 4.47. The van der Waals surface area contributed by atoms with Gasteiger partial charge in [0.05, 0.1) is 11.9 Å². The number of imidazole rings is 1. The molecule has 0 aliphatic carbocycles. The van der Waals surface area contributed by atoms with E-state index in [1.165, 1.54) is 12.2 Å². The Labute approximate surface area is 141 Å². The van der Waals surface area contributed by atoms with Crippen molar-refractivity contribution in [3.8, 4) is 11.3 Å². The molecule has 0 bridgehead atoms. The van der Waals surface area contributed by atoms with Crippen LogP contribution in [0.3, 0.4) is 0 Å². The van der Waals surface area contributed by atoms with Crippen molar-refractivity contribution in [1.29, 1.82) is 0 Å². The van der Waals surface area contributed by atoms with Crippen molar-refractivity contribution in [3.05, 3.63) is 71.7 Å². The summed E-state index contributed by atoms with van der Waals surface area (Å²) >= 11 is 0. The van der Waals surface area contributed by atoms with Crippen molar-refractivity contribution in [2.45, 2.75) is 26.3 Å². The van der Waals surface area contributed by atoms with E-state index in [2.05, 4.69) is 14.9 Å². The van der Waals surface area contributed by atoms with Crippen molar-refractivity contribution in [1.82, 2.24) is 9.55 Å². The Balaban J connectivity index is 1.51. The average Bonchev–Trinajstić information content (AvgIpc) is 3.20. The van der Waals surface area contributed by atoms with E-state index >= 15 is 0 Å². The van der Waals surface area contributed by atoms with Gasteiger partial charge in [0.25, 0.3) is 5.91 Å². The lowest BCUT2D eigenvalue weighted by Gasteiger charge is -2.08. The molecule has 4 nitrogen and oxygen atoms in total. The molecule has 4 rings (SSSR count). The highest BCUT2D eigenvalue weighted by Gasteiger charge is 2.16. The number of rotatable bonds is 3. The van der Waals surface area contributed by atoms with Crippen molar-refractivity contribution in [2.75, 3.05) is 5.32 Å². The topological polar surface area (TPSA) is 46.9 Å². The molecule has 1 aromatic heterocycles. The molecule has 120 valence electrons. The maximum Gasteiger partial charge on any atom is 0.255 e. The molecule has 2 aromatic carbocycles. The number of fused-ring (bicyclic) bond motifs is 1. The van der Waals surface area contributed by atoms with Crippen LogP contribution in [-0.2, 0) is 13.0 Å². The summed E-state index contributed by atoms with van der Waals surface area (Å²) in [7, 11) is 0. The number of anilines is 1. The van der Waals surface area contributed by atoms with Crippen molar-refractivity contribution in [3.63, 3.8) is 0 Å². The smallest absolute Gasteiger partial charge is 0.255 e. The van der Waals surface area contributed by atoms with Crippen LogP contribution < -0.4 is 5.32 Å². The number of nitrogens with zero attached hydrogens (tertiary/aromatic N) is 2. The Morgan fingerprint density at radius 3 is 2.58 bits per heavy atom. The molecule has 0 radical (unpaired) electrons. The predicted molar refractivity (Wildman–Crippen MR) is 95.1 cm³/mol. The Morgan fingerprint density at radius 2 is 1.83 bits per heavy atom. The highest BCUT2D eigenvalue weighted by atomic mass is 16.1. The molecule has 0 atom stereocenters. The van der Waals surface area contributed by atoms with Gasteiger partial charge in [0.2, 0.25) is 0 Å². The minimum Gasteiger partial charge on any atom is -0.328 e. The SMILES string of the molecule is Cc1ccc(C(=O)Nc2ccc(-c3cnc4n3CCC4)cc2)cc1. The van der Waals surface area contributed by atoms with Gasteiger partial charge in [0.15, 0.2) is 0 Å². The highest BCUT2D eigenvalue weighted by Crippen LogP contribution is 2.26. The molecule has 0 saturated carbocycles. The van der Waals surface area contributed by atoms with E-state index in [0.717, 1.165) is 35.5 Å². The van der Waals surface area contributed by atoms with Crippen LogP contribution in [0, 0.1) is 6.92 Å². The van der Waals surface area contributed by atoms with Gasteiger partial charge in [0, 0.05) is 24.2 Å². The second kappa shape index (κ2) is 5.96. The number of nitrogens with one attached hydrogen (secondary N) is 1. The fourth-order valence-corrected chi connectivity index (χ4v) is 3.12. The minimum atomic E-state index is -0.0898. The Bertz CT molecular complexity index is 876. The first-order valence-electron chi connectivity index (χ1n) is 8.23. The van der Waals surface area contributed by atoms with Crippen LogP contribution in [0.15, 0.2) is 54.7 Å². The number of aryl methyl sites for hydroxylation is 2. The first-order chi connectivity index (χ1) is 11.7. The Morgan fingerprint density at radius 1 is 1.08 bits per heavy atom. The van der Waals surface area contributed by atoms with Crippen LogP contribution in [0.2, 0.25) is 0 Å². The molecular weight excluding hydrogens is 298 g/mol. The Hall–Kier alpha value is -2.88. The zero-order valence-electron chi connectivity index (χ0n) is 13.6. The molecular formula is C20H19N3O. The molecule has 0 fully saturated rings. The lowest BCUT2D eigenvalue weighted by molar-refractivity contribution is 0.102. The molecule has 3 aromatic rings. The van der Waals surface area contributed by atoms with E-state index in [1.807, 2.05) is 61.7 Å². The van der Waals surface area contributed by atoms with Crippen LogP contribution >= 0.6 is 0 Å². The lowest BCUT2D eigenvalue weighted by atomic mass is 10.1. The van der Waals surface area contributed by atoms with Crippen LogP contribution in [0.4, 0.5) is 5.69 Å². The summed E-state index contributed by atoms with van der Waals surface area (Å²) in [5.41, 5.74) is 4.89. The zero-order chi connectivity index (χ0) is 16.5. The van der Waals surface area contributed by atoms with Gasteiger partial charge in [-0.15, -0.1) is 0 Å². The van der Waals surface area contributed by atoms with Gasteiger partial charge < -0.3 is 9.88 Å². The van der Waals surface area contributed by atoms with E-state index in [9.17, 15) is 4.79 Å². The predicted octanol–water partition coefficient (Wildman–Crippen LogP) is 4.06. The summed E-state index contributed by atoms with van der Waals surface area (Å²) in [5.74, 6) is 1.08. The van der Waals surface area contributed by atoms with Gasteiger partial charge in [-0.3, -0.25) is 4.79 Å². The summed E-state index contributed by atoms with van der Waals surface area (Å²) in [6.45, 7) is 3.05. The van der Waals surface area contributed by atoms with E-state index in [1.54, 1.807) is 0 Å². The number of benzene rings is 2. The summed E-state index contributed by atoms with van der Waals surface area (Å²) in [5, 5.41) is 2.94. The van der Waals surface area contributed by atoms with Gasteiger partial charge >= 0.3 is 0 Å². The first-order valence-corrected chi connectivity index (χ1v) is 8.23. The molecule has 4 heteroatoms. The van der Waals surface area contributed by atoms with Crippen LogP contribution in [0.25, 0.3) is 11.3 Å². The maximum atomic E-state index is 12.3. The first kappa shape index (κ1) is 14.7. The highest BCUT2D eigenvalue weighted by molar-refractivity contribution is 6.04. The van der Waals surface area contributed by atoms with Gasteiger partial charge in [-0.2, -0.15) is 0 Å². The number of aromatic nitrogens is 2. The second-order valence-electron chi connectivity index (χ2n) is 6.21. The fourth-order valence-electron chi connectivity index (χ4n) is 3.12. The molecule has 1 amide bonds. The van der Waals surface area contributed by atoms with Gasteiger partial charge in [0.1, 0.15) is 5.82 Å². The lowest BCUT2D eigenvalue weighted by Crippen LogP contribution is -2.11. The summed E-state index contributed by atoms with van der Waals surface area (Å²) in [4.78, 5) is 16.8. The van der Waals surface area contributed by atoms with Gasteiger partial charge in [-0.05, 0) is 43.2 Å². The molecule has 1 aliphatic rings. The van der Waals surface area contributed by atoms with E-state index < -0.39 is 0 Å². The quantitative estimate of drug-likeness (QED) is 0.792. The molecule has 0 unspecified atom stereocenters. The molecule has 1 N–H and O–H groups in total. The number of hydrogen-bond donors (Lipinski definition) is 1. The average molecular weight is 317 g/mol. The van der Waals surface area contributed by atoms with Crippen molar-refractivity contribution >= 4 is 11.6 Å².